The minimum Gasteiger partial charge on any atom is -0.304 e. The summed E-state index contributed by atoms with van der Waals surface area (Å²) in [6, 6.07) is 0.859. The zero-order valence-electron chi connectivity index (χ0n) is 8.29. The van der Waals surface area contributed by atoms with Crippen LogP contribution in [-0.4, -0.2) is 49.6 Å². The van der Waals surface area contributed by atoms with Gasteiger partial charge in [0, 0.05) is 19.1 Å². The Balaban J connectivity index is 2.04. The van der Waals surface area contributed by atoms with E-state index in [4.69, 9.17) is 0 Å². The Kier molecular flexibility index (Phi) is 2.37. The van der Waals surface area contributed by atoms with Crippen LogP contribution in [0.3, 0.4) is 0 Å². The summed E-state index contributed by atoms with van der Waals surface area (Å²) in [5, 5.41) is 0. The van der Waals surface area contributed by atoms with Gasteiger partial charge in [0.05, 0.1) is 0 Å². The van der Waals surface area contributed by atoms with E-state index in [0.717, 1.165) is 12.0 Å². The molecule has 0 aromatic carbocycles. The van der Waals surface area contributed by atoms with Gasteiger partial charge in [-0.15, -0.1) is 0 Å². The van der Waals surface area contributed by atoms with Crippen LogP contribution in [0.1, 0.15) is 19.3 Å². The van der Waals surface area contributed by atoms with Crippen molar-refractivity contribution < 1.29 is 0 Å². The second-order valence-corrected chi connectivity index (χ2v) is 4.53. The SMILES string of the molecule is CN1C[C@@H]2CCCCN(C)[C@@H]2C1. The van der Waals surface area contributed by atoms with Crippen LogP contribution in [0.15, 0.2) is 0 Å². The summed E-state index contributed by atoms with van der Waals surface area (Å²) >= 11 is 0. The summed E-state index contributed by atoms with van der Waals surface area (Å²) in [5.41, 5.74) is 0. The molecule has 2 aliphatic rings. The quantitative estimate of drug-likeness (QED) is 0.533. The number of hydrogen-bond acceptors (Lipinski definition) is 2. The second-order valence-electron chi connectivity index (χ2n) is 4.53. The third-order valence-corrected chi connectivity index (χ3v) is 3.49. The maximum absolute atomic E-state index is 2.57. The highest BCUT2D eigenvalue weighted by atomic mass is 15.2. The van der Waals surface area contributed by atoms with Gasteiger partial charge >= 0.3 is 0 Å². The lowest BCUT2D eigenvalue weighted by Crippen LogP contribution is -2.36. The molecular weight excluding hydrogens is 148 g/mol. The summed E-state index contributed by atoms with van der Waals surface area (Å²) in [6.07, 6.45) is 4.31. The summed E-state index contributed by atoms with van der Waals surface area (Å²) < 4.78 is 0. The lowest BCUT2D eigenvalue weighted by Gasteiger charge is -2.25. The molecule has 2 atom stereocenters. The van der Waals surface area contributed by atoms with Crippen LogP contribution in [0, 0.1) is 5.92 Å². The van der Waals surface area contributed by atoms with Crippen LogP contribution in [0.2, 0.25) is 0 Å². The van der Waals surface area contributed by atoms with Crippen LogP contribution < -0.4 is 0 Å². The van der Waals surface area contributed by atoms with Gasteiger partial charge in [-0.1, -0.05) is 6.42 Å². The molecule has 0 aromatic heterocycles. The minimum absolute atomic E-state index is 0.859. The van der Waals surface area contributed by atoms with E-state index in [-0.39, 0.29) is 0 Å². The molecule has 0 saturated carbocycles. The second kappa shape index (κ2) is 3.35. The monoisotopic (exact) mass is 168 g/mol. The van der Waals surface area contributed by atoms with E-state index >= 15 is 0 Å². The van der Waals surface area contributed by atoms with E-state index in [1.54, 1.807) is 0 Å². The average Bonchev–Trinajstić information content (AvgIpc) is 2.33. The summed E-state index contributed by atoms with van der Waals surface area (Å²) in [6.45, 7) is 3.94. The Bertz CT molecular complexity index is 158. The third-order valence-electron chi connectivity index (χ3n) is 3.49. The number of likely N-dealkylation sites (tertiary alicyclic amines) is 2. The van der Waals surface area contributed by atoms with Gasteiger partial charge in [0.2, 0.25) is 0 Å². The summed E-state index contributed by atoms with van der Waals surface area (Å²) in [5.74, 6) is 0.961. The Labute approximate surface area is 75.5 Å². The van der Waals surface area contributed by atoms with Gasteiger partial charge in [0.1, 0.15) is 0 Å². The van der Waals surface area contributed by atoms with Crippen molar-refractivity contribution in [1.82, 2.24) is 9.80 Å². The Morgan fingerprint density at radius 2 is 1.92 bits per heavy atom. The maximum atomic E-state index is 2.57. The predicted octanol–water partition coefficient (Wildman–Crippen LogP) is 1.03. The molecule has 0 aliphatic carbocycles. The van der Waals surface area contributed by atoms with Gasteiger partial charge < -0.3 is 9.80 Å². The highest BCUT2D eigenvalue weighted by Crippen LogP contribution is 2.27. The first-order valence-corrected chi connectivity index (χ1v) is 5.16. The van der Waals surface area contributed by atoms with Crippen LogP contribution >= 0.6 is 0 Å². The van der Waals surface area contributed by atoms with Crippen molar-refractivity contribution in [3.8, 4) is 0 Å². The molecule has 2 heteroatoms. The van der Waals surface area contributed by atoms with E-state index in [2.05, 4.69) is 23.9 Å². The minimum atomic E-state index is 0.859. The van der Waals surface area contributed by atoms with Crippen molar-refractivity contribution in [3.63, 3.8) is 0 Å². The molecule has 2 heterocycles. The van der Waals surface area contributed by atoms with Crippen LogP contribution in [0.25, 0.3) is 0 Å². The average molecular weight is 168 g/mol. The first-order chi connectivity index (χ1) is 5.77. The molecule has 2 saturated heterocycles. The van der Waals surface area contributed by atoms with Gasteiger partial charge in [-0.3, -0.25) is 0 Å². The van der Waals surface area contributed by atoms with Crippen molar-refractivity contribution >= 4 is 0 Å². The number of rotatable bonds is 0. The van der Waals surface area contributed by atoms with Crippen molar-refractivity contribution in [1.29, 1.82) is 0 Å². The molecule has 0 spiro atoms. The van der Waals surface area contributed by atoms with Gasteiger partial charge in [-0.25, -0.2) is 0 Å². The Morgan fingerprint density at radius 3 is 2.75 bits per heavy atom. The number of fused-ring (bicyclic) bond motifs is 1. The fourth-order valence-corrected chi connectivity index (χ4v) is 2.78. The zero-order chi connectivity index (χ0) is 8.55. The Hall–Kier alpha value is -0.0800. The predicted molar refractivity (Wildman–Crippen MR) is 51.3 cm³/mol. The first kappa shape index (κ1) is 8.52. The molecule has 70 valence electrons. The van der Waals surface area contributed by atoms with Crippen molar-refractivity contribution in [2.24, 2.45) is 5.92 Å². The van der Waals surface area contributed by atoms with Crippen molar-refractivity contribution in [3.05, 3.63) is 0 Å². The molecule has 2 rings (SSSR count). The molecule has 0 bridgehead atoms. The molecule has 0 N–H and O–H groups in total. The molecule has 0 unspecified atom stereocenters. The number of nitrogens with zero attached hydrogens (tertiary/aromatic N) is 2. The summed E-state index contributed by atoms with van der Waals surface area (Å²) in [4.78, 5) is 5.05. The van der Waals surface area contributed by atoms with Gasteiger partial charge in [0.25, 0.3) is 0 Å². The summed E-state index contributed by atoms with van der Waals surface area (Å²) in [7, 11) is 4.55. The van der Waals surface area contributed by atoms with E-state index in [0.29, 0.717) is 0 Å². The number of likely N-dealkylation sites (N-methyl/N-ethyl adjacent to an activating group) is 2. The van der Waals surface area contributed by atoms with Crippen molar-refractivity contribution in [2.45, 2.75) is 25.3 Å². The lowest BCUT2D eigenvalue weighted by molar-refractivity contribution is 0.225. The molecule has 2 nitrogen and oxygen atoms in total. The van der Waals surface area contributed by atoms with E-state index < -0.39 is 0 Å². The van der Waals surface area contributed by atoms with Gasteiger partial charge in [-0.2, -0.15) is 0 Å². The largest absolute Gasteiger partial charge is 0.304 e. The fourth-order valence-electron chi connectivity index (χ4n) is 2.78. The smallest absolute Gasteiger partial charge is 0.0260 e. The van der Waals surface area contributed by atoms with Crippen LogP contribution in [0.5, 0.6) is 0 Å². The van der Waals surface area contributed by atoms with Gasteiger partial charge in [-0.05, 0) is 39.4 Å². The van der Waals surface area contributed by atoms with Crippen LogP contribution in [0.4, 0.5) is 0 Å². The van der Waals surface area contributed by atoms with Crippen LogP contribution in [-0.2, 0) is 0 Å². The van der Waals surface area contributed by atoms with E-state index in [1.165, 1.54) is 38.9 Å². The van der Waals surface area contributed by atoms with Crippen molar-refractivity contribution in [2.75, 3.05) is 33.7 Å². The molecule has 2 aliphatic heterocycles. The van der Waals surface area contributed by atoms with E-state index in [1.807, 2.05) is 0 Å². The molecular formula is C10H20N2. The van der Waals surface area contributed by atoms with Gasteiger partial charge in [0.15, 0.2) is 0 Å². The normalized spacial score (nSPS) is 39.5. The lowest BCUT2D eigenvalue weighted by atomic mass is 9.99. The zero-order valence-corrected chi connectivity index (χ0v) is 8.29. The highest BCUT2D eigenvalue weighted by molar-refractivity contribution is 4.89. The topological polar surface area (TPSA) is 6.48 Å². The third kappa shape index (κ3) is 1.50. The van der Waals surface area contributed by atoms with E-state index in [9.17, 15) is 0 Å². The fraction of sp³-hybridized carbons (Fsp3) is 1.00. The Morgan fingerprint density at radius 1 is 1.08 bits per heavy atom. The molecule has 12 heavy (non-hydrogen) atoms. The molecule has 0 amide bonds. The standard InChI is InChI=1S/C10H20N2/c1-11-7-9-5-3-4-6-12(2)10(9)8-11/h9-10H,3-8H2,1-2H3/t9-,10+/m0/s1. The molecule has 2 fully saturated rings. The molecule has 0 radical (unpaired) electrons. The molecule has 0 aromatic rings. The highest BCUT2D eigenvalue weighted by Gasteiger charge is 2.34. The maximum Gasteiger partial charge on any atom is 0.0260 e. The number of hydrogen-bond donors (Lipinski definition) is 0. The first-order valence-electron chi connectivity index (χ1n) is 5.16.